The largest absolute Gasteiger partial charge is 0.422 e. The number of hydrogen-bond donors (Lipinski definition) is 1. The standard InChI is InChI=1S/C26H24N4O4/c31-26(18-9-8-12-20(17-18)30(32)33)34-22-14-5-4-13-21(22)24-25(27-19-10-2-1-3-11-19)29-16-7-6-15-23(29)28-24/h4-9,12-17,19,27H,1-3,10-11H2. The number of nitrogens with one attached hydrogen (secondary N) is 1. The number of nitrogens with zero attached hydrogens (tertiary/aromatic N) is 3. The zero-order valence-electron chi connectivity index (χ0n) is 18.5. The molecule has 8 nitrogen and oxygen atoms in total. The lowest BCUT2D eigenvalue weighted by Crippen LogP contribution is -2.23. The Morgan fingerprint density at radius 1 is 1.03 bits per heavy atom. The molecule has 0 spiro atoms. The lowest BCUT2D eigenvalue weighted by molar-refractivity contribution is -0.384. The second-order valence-corrected chi connectivity index (χ2v) is 8.41. The van der Waals surface area contributed by atoms with Crippen LogP contribution in [-0.2, 0) is 0 Å². The van der Waals surface area contributed by atoms with E-state index in [0.29, 0.717) is 23.0 Å². The summed E-state index contributed by atoms with van der Waals surface area (Å²) in [6, 6.07) is 18.9. The van der Waals surface area contributed by atoms with Crippen LogP contribution >= 0.6 is 0 Å². The molecule has 1 N–H and O–H groups in total. The minimum atomic E-state index is -0.665. The summed E-state index contributed by atoms with van der Waals surface area (Å²) in [5, 5.41) is 14.8. The van der Waals surface area contributed by atoms with Gasteiger partial charge < -0.3 is 10.1 Å². The van der Waals surface area contributed by atoms with E-state index in [1.807, 2.05) is 40.9 Å². The summed E-state index contributed by atoms with van der Waals surface area (Å²) in [6.07, 6.45) is 7.82. The number of nitro benzene ring substituents is 1. The van der Waals surface area contributed by atoms with Crippen LogP contribution in [0.1, 0.15) is 42.5 Å². The topological polar surface area (TPSA) is 98.8 Å². The van der Waals surface area contributed by atoms with Crippen molar-refractivity contribution in [1.29, 1.82) is 0 Å². The number of rotatable bonds is 6. The van der Waals surface area contributed by atoms with Crippen LogP contribution in [-0.4, -0.2) is 26.3 Å². The van der Waals surface area contributed by atoms with Crippen molar-refractivity contribution in [2.45, 2.75) is 38.1 Å². The first-order valence-electron chi connectivity index (χ1n) is 11.4. The maximum atomic E-state index is 12.9. The molecule has 1 aliphatic carbocycles. The number of aromatic nitrogens is 2. The molecule has 0 bridgehead atoms. The van der Waals surface area contributed by atoms with E-state index >= 15 is 0 Å². The van der Waals surface area contributed by atoms with Gasteiger partial charge in [0.2, 0.25) is 0 Å². The molecule has 5 rings (SSSR count). The number of esters is 1. The van der Waals surface area contributed by atoms with Gasteiger partial charge in [0, 0.05) is 29.9 Å². The molecule has 0 unspecified atom stereocenters. The van der Waals surface area contributed by atoms with Gasteiger partial charge in [-0.25, -0.2) is 9.78 Å². The van der Waals surface area contributed by atoms with Crippen LogP contribution in [0.5, 0.6) is 5.75 Å². The quantitative estimate of drug-likeness (QED) is 0.169. The number of nitro groups is 1. The van der Waals surface area contributed by atoms with Crippen molar-refractivity contribution in [3.8, 4) is 17.0 Å². The minimum absolute atomic E-state index is 0.111. The summed E-state index contributed by atoms with van der Waals surface area (Å²) in [4.78, 5) is 28.3. The number of non-ortho nitro benzene ring substituents is 1. The molecular formula is C26H24N4O4. The smallest absolute Gasteiger partial charge is 0.343 e. The molecule has 2 aromatic carbocycles. The van der Waals surface area contributed by atoms with E-state index in [9.17, 15) is 14.9 Å². The minimum Gasteiger partial charge on any atom is -0.422 e. The molecule has 2 heterocycles. The van der Waals surface area contributed by atoms with E-state index in [1.165, 1.54) is 43.5 Å². The van der Waals surface area contributed by atoms with E-state index in [4.69, 9.17) is 9.72 Å². The van der Waals surface area contributed by atoms with Gasteiger partial charge in [-0.3, -0.25) is 14.5 Å². The maximum absolute atomic E-state index is 12.9. The van der Waals surface area contributed by atoms with Crippen molar-refractivity contribution >= 4 is 23.1 Å². The predicted octanol–water partition coefficient (Wildman–Crippen LogP) is 5.87. The Hall–Kier alpha value is -4.20. The molecule has 8 heteroatoms. The van der Waals surface area contributed by atoms with Crippen LogP contribution in [0, 0.1) is 10.1 Å². The third kappa shape index (κ3) is 4.34. The SMILES string of the molecule is O=C(Oc1ccccc1-c1nc2ccccn2c1NC1CCCCC1)c1cccc([N+](=O)[O-])c1. The summed E-state index contributed by atoms with van der Waals surface area (Å²) >= 11 is 0. The van der Waals surface area contributed by atoms with E-state index in [-0.39, 0.29) is 11.3 Å². The molecule has 172 valence electrons. The zero-order chi connectivity index (χ0) is 23.5. The molecule has 1 fully saturated rings. The molecule has 0 saturated heterocycles. The number of fused-ring (bicyclic) bond motifs is 1. The van der Waals surface area contributed by atoms with E-state index < -0.39 is 10.9 Å². The average molecular weight is 457 g/mol. The lowest BCUT2D eigenvalue weighted by atomic mass is 9.95. The Balaban J connectivity index is 1.52. The molecule has 0 aliphatic heterocycles. The van der Waals surface area contributed by atoms with Gasteiger partial charge in [0.15, 0.2) is 0 Å². The van der Waals surface area contributed by atoms with Crippen molar-refractivity contribution in [1.82, 2.24) is 9.38 Å². The molecule has 1 aliphatic rings. The lowest BCUT2D eigenvalue weighted by Gasteiger charge is -2.24. The summed E-state index contributed by atoms with van der Waals surface area (Å²) in [6.45, 7) is 0. The van der Waals surface area contributed by atoms with Gasteiger partial charge in [-0.2, -0.15) is 0 Å². The summed E-state index contributed by atoms with van der Waals surface area (Å²) in [5.74, 6) is 0.539. The number of pyridine rings is 1. The highest BCUT2D eigenvalue weighted by Crippen LogP contribution is 2.37. The number of para-hydroxylation sites is 1. The van der Waals surface area contributed by atoms with Crippen LogP contribution in [0.2, 0.25) is 0 Å². The zero-order valence-corrected chi connectivity index (χ0v) is 18.5. The summed E-state index contributed by atoms with van der Waals surface area (Å²) in [7, 11) is 0. The first-order valence-corrected chi connectivity index (χ1v) is 11.4. The number of benzene rings is 2. The Bertz CT molecular complexity index is 1360. The van der Waals surface area contributed by atoms with E-state index in [0.717, 1.165) is 24.3 Å². The van der Waals surface area contributed by atoms with Crippen LogP contribution in [0.15, 0.2) is 72.9 Å². The Morgan fingerprint density at radius 3 is 2.65 bits per heavy atom. The molecule has 0 radical (unpaired) electrons. The number of carbonyl (C=O) groups excluding carboxylic acids is 1. The van der Waals surface area contributed by atoms with Gasteiger partial charge in [0.25, 0.3) is 5.69 Å². The van der Waals surface area contributed by atoms with Crippen molar-refractivity contribution in [2.24, 2.45) is 0 Å². The van der Waals surface area contributed by atoms with Crippen molar-refractivity contribution in [3.63, 3.8) is 0 Å². The third-order valence-electron chi connectivity index (χ3n) is 6.11. The molecule has 2 aromatic heterocycles. The van der Waals surface area contributed by atoms with Crippen LogP contribution in [0.4, 0.5) is 11.5 Å². The van der Waals surface area contributed by atoms with E-state index in [2.05, 4.69) is 5.32 Å². The highest BCUT2D eigenvalue weighted by Gasteiger charge is 2.23. The second-order valence-electron chi connectivity index (χ2n) is 8.41. The average Bonchev–Trinajstić information content (AvgIpc) is 3.23. The highest BCUT2D eigenvalue weighted by molar-refractivity contribution is 5.93. The maximum Gasteiger partial charge on any atom is 0.343 e. The molecule has 0 amide bonds. The van der Waals surface area contributed by atoms with Crippen LogP contribution < -0.4 is 10.1 Å². The molecule has 4 aromatic rings. The second kappa shape index (κ2) is 9.35. The van der Waals surface area contributed by atoms with Crippen molar-refractivity contribution in [2.75, 3.05) is 5.32 Å². The number of carbonyl (C=O) groups is 1. The fraction of sp³-hybridized carbons (Fsp3) is 0.231. The van der Waals surface area contributed by atoms with E-state index in [1.54, 1.807) is 12.1 Å². The van der Waals surface area contributed by atoms with Crippen LogP contribution in [0.3, 0.4) is 0 Å². The first-order chi connectivity index (χ1) is 16.6. The van der Waals surface area contributed by atoms with Crippen LogP contribution in [0.25, 0.3) is 16.9 Å². The van der Waals surface area contributed by atoms with Gasteiger partial charge in [-0.05, 0) is 43.2 Å². The number of anilines is 1. The monoisotopic (exact) mass is 456 g/mol. The van der Waals surface area contributed by atoms with Gasteiger partial charge >= 0.3 is 5.97 Å². The Kier molecular flexibility index (Phi) is 5.95. The summed E-state index contributed by atoms with van der Waals surface area (Å²) < 4.78 is 7.74. The molecule has 0 atom stereocenters. The molecule has 1 saturated carbocycles. The van der Waals surface area contributed by atoms with Gasteiger partial charge in [-0.1, -0.05) is 43.5 Å². The van der Waals surface area contributed by atoms with Crippen molar-refractivity contribution in [3.05, 3.63) is 88.6 Å². The molecule has 34 heavy (non-hydrogen) atoms. The first kappa shape index (κ1) is 21.6. The predicted molar refractivity (Wildman–Crippen MR) is 129 cm³/mol. The fourth-order valence-electron chi connectivity index (χ4n) is 4.42. The number of hydrogen-bond acceptors (Lipinski definition) is 6. The van der Waals surface area contributed by atoms with Crippen molar-refractivity contribution < 1.29 is 14.5 Å². The number of ether oxygens (including phenoxy) is 1. The Labute approximate surface area is 196 Å². The highest BCUT2D eigenvalue weighted by atomic mass is 16.6. The summed E-state index contributed by atoms with van der Waals surface area (Å²) in [5.41, 5.74) is 2.10. The van der Waals surface area contributed by atoms with Gasteiger partial charge in [0.1, 0.15) is 22.9 Å². The fourth-order valence-corrected chi connectivity index (χ4v) is 4.42. The normalized spacial score (nSPS) is 14.1. The van der Waals surface area contributed by atoms with Gasteiger partial charge in [-0.15, -0.1) is 0 Å². The Morgan fingerprint density at radius 2 is 1.82 bits per heavy atom. The number of imidazole rings is 1. The van der Waals surface area contributed by atoms with Gasteiger partial charge in [0.05, 0.1) is 10.5 Å². The third-order valence-corrected chi connectivity index (χ3v) is 6.11. The molecular weight excluding hydrogens is 432 g/mol.